The van der Waals surface area contributed by atoms with Crippen molar-refractivity contribution in [3.63, 3.8) is 0 Å². The number of aryl methyl sites for hydroxylation is 1. The van der Waals surface area contributed by atoms with Crippen molar-refractivity contribution in [1.82, 2.24) is 10.1 Å². The highest BCUT2D eigenvalue weighted by Gasteiger charge is 2.18. The Balaban J connectivity index is 2.25. The highest BCUT2D eigenvalue weighted by atomic mass is 16.6. The van der Waals surface area contributed by atoms with Gasteiger partial charge in [0.05, 0.1) is 10.5 Å². The molecule has 0 aliphatic carbocycles. The summed E-state index contributed by atoms with van der Waals surface area (Å²) in [6.45, 7) is 1.42. The van der Waals surface area contributed by atoms with Crippen LogP contribution in [-0.4, -0.2) is 26.1 Å². The zero-order valence-corrected chi connectivity index (χ0v) is 10.3. The van der Waals surface area contributed by atoms with Crippen molar-refractivity contribution < 1.29 is 24.1 Å². The van der Waals surface area contributed by atoms with Crippen LogP contribution in [0.25, 0.3) is 0 Å². The van der Waals surface area contributed by atoms with Crippen LogP contribution in [0.1, 0.15) is 22.1 Å². The van der Waals surface area contributed by atoms with E-state index in [1.165, 1.54) is 0 Å². The maximum atomic E-state index is 10.8. The van der Waals surface area contributed by atoms with E-state index in [0.29, 0.717) is 5.89 Å². The molecule has 0 radical (unpaired) electrons. The van der Waals surface area contributed by atoms with Gasteiger partial charge in [0.15, 0.2) is 12.4 Å². The minimum absolute atomic E-state index is 0.116. The summed E-state index contributed by atoms with van der Waals surface area (Å²) in [6, 6.07) is 3.28. The van der Waals surface area contributed by atoms with Crippen LogP contribution in [0.15, 0.2) is 22.7 Å². The lowest BCUT2D eigenvalue weighted by Crippen LogP contribution is -2.03. The molecular formula is C11H9N3O6. The van der Waals surface area contributed by atoms with E-state index in [-0.39, 0.29) is 29.4 Å². The normalized spacial score (nSPS) is 10.2. The number of aromatic carboxylic acids is 1. The van der Waals surface area contributed by atoms with E-state index >= 15 is 0 Å². The summed E-state index contributed by atoms with van der Waals surface area (Å²) in [5.41, 5.74) is -0.454. The van der Waals surface area contributed by atoms with E-state index in [0.717, 1.165) is 18.2 Å². The average Bonchev–Trinajstić information content (AvgIpc) is 2.81. The van der Waals surface area contributed by atoms with Gasteiger partial charge < -0.3 is 14.4 Å². The van der Waals surface area contributed by atoms with Gasteiger partial charge in [0.1, 0.15) is 0 Å². The summed E-state index contributed by atoms with van der Waals surface area (Å²) >= 11 is 0. The molecule has 2 aromatic rings. The second kappa shape index (κ2) is 5.34. The Morgan fingerprint density at radius 3 is 2.85 bits per heavy atom. The van der Waals surface area contributed by atoms with Crippen molar-refractivity contribution in [3.05, 3.63) is 45.6 Å². The Morgan fingerprint density at radius 1 is 1.55 bits per heavy atom. The molecule has 0 spiro atoms. The SMILES string of the molecule is Cc1nc(COc2cc(C(=O)O)ccc2[N+](=O)[O-])no1. The van der Waals surface area contributed by atoms with Gasteiger partial charge >= 0.3 is 11.7 Å². The van der Waals surface area contributed by atoms with Crippen LogP contribution in [0, 0.1) is 17.0 Å². The number of nitro benzene ring substituents is 1. The summed E-state index contributed by atoms with van der Waals surface area (Å²) < 4.78 is 9.92. The van der Waals surface area contributed by atoms with Gasteiger partial charge in [-0.25, -0.2) is 4.79 Å². The van der Waals surface area contributed by atoms with Gasteiger partial charge in [-0.3, -0.25) is 10.1 Å². The first-order chi connectivity index (χ1) is 9.47. The van der Waals surface area contributed by atoms with E-state index in [4.69, 9.17) is 14.4 Å². The first-order valence-electron chi connectivity index (χ1n) is 5.41. The number of carboxylic acid groups (broad SMARTS) is 1. The van der Waals surface area contributed by atoms with Crippen LogP contribution in [0.4, 0.5) is 5.69 Å². The van der Waals surface area contributed by atoms with E-state index in [9.17, 15) is 14.9 Å². The predicted octanol–water partition coefficient (Wildman–Crippen LogP) is 1.56. The zero-order valence-electron chi connectivity index (χ0n) is 10.3. The summed E-state index contributed by atoms with van der Waals surface area (Å²) in [6.07, 6.45) is 0. The Kier molecular flexibility index (Phi) is 3.60. The third-order valence-electron chi connectivity index (χ3n) is 2.33. The van der Waals surface area contributed by atoms with Gasteiger partial charge in [0, 0.05) is 19.1 Å². The van der Waals surface area contributed by atoms with Gasteiger partial charge in [-0.1, -0.05) is 5.16 Å². The largest absolute Gasteiger partial charge is 0.478 e. The summed E-state index contributed by atoms with van der Waals surface area (Å²) in [7, 11) is 0. The molecule has 1 N–H and O–H groups in total. The number of rotatable bonds is 5. The summed E-state index contributed by atoms with van der Waals surface area (Å²) in [5, 5.41) is 23.3. The Bertz CT molecular complexity index is 666. The van der Waals surface area contributed by atoms with Crippen molar-refractivity contribution in [3.8, 4) is 5.75 Å². The molecule has 9 heteroatoms. The van der Waals surface area contributed by atoms with Crippen LogP contribution in [0.3, 0.4) is 0 Å². The molecule has 0 saturated heterocycles. The van der Waals surface area contributed by atoms with Crippen LogP contribution < -0.4 is 4.74 Å². The number of hydrogen-bond acceptors (Lipinski definition) is 7. The molecule has 0 aliphatic heterocycles. The van der Waals surface area contributed by atoms with E-state index in [2.05, 4.69) is 10.1 Å². The highest BCUT2D eigenvalue weighted by molar-refractivity contribution is 5.88. The van der Waals surface area contributed by atoms with Crippen molar-refractivity contribution in [1.29, 1.82) is 0 Å². The molecule has 1 aromatic heterocycles. The van der Waals surface area contributed by atoms with E-state index in [1.807, 2.05) is 0 Å². The number of ether oxygens (including phenoxy) is 1. The Hall–Kier alpha value is -2.97. The molecule has 0 atom stereocenters. The minimum Gasteiger partial charge on any atom is -0.478 e. The summed E-state index contributed by atoms with van der Waals surface area (Å²) in [4.78, 5) is 24.9. The quantitative estimate of drug-likeness (QED) is 0.644. The van der Waals surface area contributed by atoms with Gasteiger partial charge in [-0.05, 0) is 6.07 Å². The molecule has 0 amide bonds. The third kappa shape index (κ3) is 2.88. The second-order valence-corrected chi connectivity index (χ2v) is 3.76. The highest BCUT2D eigenvalue weighted by Crippen LogP contribution is 2.28. The lowest BCUT2D eigenvalue weighted by atomic mass is 10.2. The molecule has 2 rings (SSSR count). The lowest BCUT2D eigenvalue weighted by Gasteiger charge is -2.05. The molecule has 0 bridgehead atoms. The number of benzene rings is 1. The first kappa shape index (κ1) is 13.5. The molecule has 0 aliphatic rings. The fraction of sp³-hybridized carbons (Fsp3) is 0.182. The number of carboxylic acids is 1. The van der Waals surface area contributed by atoms with Crippen LogP contribution >= 0.6 is 0 Å². The van der Waals surface area contributed by atoms with E-state index < -0.39 is 10.9 Å². The molecule has 1 aromatic carbocycles. The molecular weight excluding hydrogens is 270 g/mol. The van der Waals surface area contributed by atoms with Gasteiger partial charge in [0.2, 0.25) is 11.7 Å². The Labute approximate surface area is 111 Å². The van der Waals surface area contributed by atoms with Crippen molar-refractivity contribution in [2.45, 2.75) is 13.5 Å². The smallest absolute Gasteiger partial charge is 0.335 e. The third-order valence-corrected chi connectivity index (χ3v) is 2.33. The summed E-state index contributed by atoms with van der Waals surface area (Å²) in [5.74, 6) is -0.840. The van der Waals surface area contributed by atoms with Crippen LogP contribution in [-0.2, 0) is 6.61 Å². The van der Waals surface area contributed by atoms with Gasteiger partial charge in [-0.2, -0.15) is 4.98 Å². The topological polar surface area (TPSA) is 129 Å². The molecule has 104 valence electrons. The molecule has 1 heterocycles. The average molecular weight is 279 g/mol. The monoisotopic (exact) mass is 279 g/mol. The number of hydrogen-bond donors (Lipinski definition) is 1. The molecule has 0 saturated carbocycles. The zero-order chi connectivity index (χ0) is 14.7. The maximum Gasteiger partial charge on any atom is 0.335 e. The fourth-order valence-electron chi connectivity index (χ4n) is 1.46. The maximum absolute atomic E-state index is 10.8. The van der Waals surface area contributed by atoms with Crippen molar-refractivity contribution >= 4 is 11.7 Å². The predicted molar refractivity (Wildman–Crippen MR) is 63.4 cm³/mol. The lowest BCUT2D eigenvalue weighted by molar-refractivity contribution is -0.386. The molecule has 20 heavy (non-hydrogen) atoms. The van der Waals surface area contributed by atoms with Crippen LogP contribution in [0.2, 0.25) is 0 Å². The van der Waals surface area contributed by atoms with Crippen molar-refractivity contribution in [2.75, 3.05) is 0 Å². The number of nitrogens with zero attached hydrogens (tertiary/aromatic N) is 3. The first-order valence-corrected chi connectivity index (χ1v) is 5.41. The van der Waals surface area contributed by atoms with E-state index in [1.54, 1.807) is 6.92 Å². The van der Waals surface area contributed by atoms with Crippen molar-refractivity contribution in [2.24, 2.45) is 0 Å². The van der Waals surface area contributed by atoms with Gasteiger partial charge in [0.25, 0.3) is 0 Å². The number of aromatic nitrogens is 2. The van der Waals surface area contributed by atoms with Gasteiger partial charge in [-0.15, -0.1) is 0 Å². The van der Waals surface area contributed by atoms with Crippen LogP contribution in [0.5, 0.6) is 5.75 Å². The Morgan fingerprint density at radius 2 is 2.30 bits per heavy atom. The molecule has 9 nitrogen and oxygen atoms in total. The molecule has 0 fully saturated rings. The minimum atomic E-state index is -1.21. The number of carbonyl (C=O) groups is 1. The second-order valence-electron chi connectivity index (χ2n) is 3.76. The standard InChI is InChI=1S/C11H9N3O6/c1-6-12-10(13-20-6)5-19-9-4-7(11(15)16)2-3-8(9)14(17)18/h2-4H,5H2,1H3,(H,15,16). The fourth-order valence-corrected chi connectivity index (χ4v) is 1.46. The number of nitro groups is 1. The molecule has 0 unspecified atom stereocenters.